The van der Waals surface area contributed by atoms with Crippen LogP contribution in [0.1, 0.15) is 30.9 Å². The lowest BCUT2D eigenvalue weighted by Gasteiger charge is -2.16. The highest BCUT2D eigenvalue weighted by atomic mass is 35.5. The molecule has 1 aromatic rings. The highest BCUT2D eigenvalue weighted by molar-refractivity contribution is 7.14. The molecule has 0 bridgehead atoms. The number of allylic oxidation sites excluding steroid dienone is 1. The quantitative estimate of drug-likeness (QED) is 0.776. The second-order valence-corrected chi connectivity index (χ2v) is 5.12. The van der Waals surface area contributed by atoms with E-state index < -0.39 is 0 Å². The van der Waals surface area contributed by atoms with Gasteiger partial charge >= 0.3 is 0 Å². The Kier molecular flexibility index (Phi) is 3.26. The van der Waals surface area contributed by atoms with Crippen LogP contribution >= 0.6 is 22.9 Å². The van der Waals surface area contributed by atoms with Crippen LogP contribution in [0.2, 0.25) is 4.34 Å². The van der Waals surface area contributed by atoms with Gasteiger partial charge in [0, 0.05) is 0 Å². The highest BCUT2D eigenvalue weighted by Gasteiger charge is 2.18. The molecular weight excluding hydrogens is 214 g/mol. The molecule has 1 aliphatic rings. The number of rotatable bonds is 3. The summed E-state index contributed by atoms with van der Waals surface area (Å²) in [4.78, 5) is 0. The summed E-state index contributed by atoms with van der Waals surface area (Å²) in [5.41, 5.74) is 2.82. The van der Waals surface area contributed by atoms with Crippen LogP contribution in [0.4, 0.5) is 0 Å². The van der Waals surface area contributed by atoms with Crippen LogP contribution in [0.15, 0.2) is 23.1 Å². The first-order valence-electron chi connectivity index (χ1n) is 4.91. The summed E-state index contributed by atoms with van der Waals surface area (Å²) in [7, 11) is 2.01. The van der Waals surface area contributed by atoms with Gasteiger partial charge in [0.15, 0.2) is 0 Å². The van der Waals surface area contributed by atoms with Gasteiger partial charge in [0.2, 0.25) is 0 Å². The number of hydrogen-bond donors (Lipinski definition) is 1. The summed E-state index contributed by atoms with van der Waals surface area (Å²) in [6.45, 7) is 0. The van der Waals surface area contributed by atoms with Crippen molar-refractivity contribution in [1.29, 1.82) is 0 Å². The molecule has 1 aliphatic carbocycles. The lowest BCUT2D eigenvalue weighted by Crippen LogP contribution is -2.17. The van der Waals surface area contributed by atoms with Gasteiger partial charge in [-0.3, -0.25) is 0 Å². The Labute approximate surface area is 93.8 Å². The molecule has 0 fully saturated rings. The minimum absolute atomic E-state index is 0.376. The fraction of sp³-hybridized carbons (Fsp3) is 0.455. The van der Waals surface area contributed by atoms with E-state index in [2.05, 4.69) is 22.8 Å². The predicted octanol–water partition coefficient (Wildman–Crippen LogP) is 3.77. The molecule has 0 aliphatic heterocycles. The fourth-order valence-electron chi connectivity index (χ4n) is 2.00. The first-order chi connectivity index (χ1) is 6.81. The maximum Gasteiger partial charge on any atom is 0.0931 e. The van der Waals surface area contributed by atoms with Gasteiger partial charge in [-0.25, -0.2) is 0 Å². The van der Waals surface area contributed by atoms with Crippen LogP contribution in [-0.2, 0) is 0 Å². The van der Waals surface area contributed by atoms with E-state index in [1.807, 2.05) is 7.05 Å². The summed E-state index contributed by atoms with van der Waals surface area (Å²) >= 11 is 7.54. The molecule has 1 aromatic heterocycles. The third-order valence-electron chi connectivity index (χ3n) is 2.66. The normalized spacial score (nSPS) is 18.3. The molecule has 1 nitrogen and oxygen atoms in total. The van der Waals surface area contributed by atoms with Crippen molar-refractivity contribution in [3.63, 3.8) is 0 Å². The van der Waals surface area contributed by atoms with Gasteiger partial charge in [-0.15, -0.1) is 11.3 Å². The third-order valence-corrected chi connectivity index (χ3v) is 3.77. The van der Waals surface area contributed by atoms with Crippen molar-refractivity contribution in [2.75, 3.05) is 7.05 Å². The lowest BCUT2D eigenvalue weighted by molar-refractivity contribution is 0.658. The molecule has 14 heavy (non-hydrogen) atoms. The Morgan fingerprint density at radius 3 is 2.93 bits per heavy atom. The lowest BCUT2D eigenvalue weighted by atomic mass is 10.0. The van der Waals surface area contributed by atoms with Crippen LogP contribution in [0.25, 0.3) is 0 Å². The highest BCUT2D eigenvalue weighted by Crippen LogP contribution is 2.33. The maximum atomic E-state index is 5.94. The van der Waals surface area contributed by atoms with Gasteiger partial charge in [-0.05, 0) is 43.3 Å². The van der Waals surface area contributed by atoms with Gasteiger partial charge in [0.1, 0.15) is 0 Å². The standard InChI is InChI=1S/C11H14ClNS/c1-13-11(8-4-2-3-5-8)9-6-10(12)14-7-9/h4,6-7,11,13H,2-3,5H2,1H3. The molecule has 1 unspecified atom stereocenters. The second-order valence-electron chi connectivity index (χ2n) is 3.58. The maximum absolute atomic E-state index is 5.94. The van der Waals surface area contributed by atoms with Gasteiger partial charge in [0.05, 0.1) is 10.4 Å². The van der Waals surface area contributed by atoms with Crippen LogP contribution in [0.5, 0.6) is 0 Å². The molecule has 1 atom stereocenters. The monoisotopic (exact) mass is 227 g/mol. The first-order valence-corrected chi connectivity index (χ1v) is 6.17. The zero-order chi connectivity index (χ0) is 9.97. The average Bonchev–Trinajstić information content (AvgIpc) is 2.79. The minimum Gasteiger partial charge on any atom is -0.310 e. The topological polar surface area (TPSA) is 12.0 Å². The van der Waals surface area contributed by atoms with Crippen LogP contribution in [0.3, 0.4) is 0 Å². The largest absolute Gasteiger partial charge is 0.310 e. The summed E-state index contributed by atoms with van der Waals surface area (Å²) in [6, 6.07) is 2.44. The number of thiophene rings is 1. The van der Waals surface area contributed by atoms with Crippen molar-refractivity contribution < 1.29 is 0 Å². The summed E-state index contributed by atoms with van der Waals surface area (Å²) in [5, 5.41) is 5.49. The van der Waals surface area contributed by atoms with Crippen molar-refractivity contribution >= 4 is 22.9 Å². The number of hydrogen-bond acceptors (Lipinski definition) is 2. The van der Waals surface area contributed by atoms with Gasteiger partial charge in [0.25, 0.3) is 0 Å². The molecule has 0 spiro atoms. The molecule has 1 heterocycles. The first kappa shape index (κ1) is 10.2. The molecule has 2 rings (SSSR count). The molecule has 0 amide bonds. The van der Waals surface area contributed by atoms with Gasteiger partial charge < -0.3 is 5.32 Å². The van der Waals surface area contributed by atoms with E-state index >= 15 is 0 Å². The summed E-state index contributed by atoms with van der Waals surface area (Å²) in [5.74, 6) is 0. The van der Waals surface area contributed by atoms with Crippen molar-refractivity contribution in [3.8, 4) is 0 Å². The molecule has 0 saturated heterocycles. The second kappa shape index (κ2) is 4.47. The fourth-order valence-corrected chi connectivity index (χ4v) is 2.92. The van der Waals surface area contributed by atoms with E-state index in [0.29, 0.717) is 6.04 Å². The van der Waals surface area contributed by atoms with Crippen molar-refractivity contribution in [3.05, 3.63) is 33.0 Å². The Hall–Kier alpha value is -0.310. The molecule has 76 valence electrons. The van der Waals surface area contributed by atoms with E-state index in [9.17, 15) is 0 Å². The van der Waals surface area contributed by atoms with E-state index in [-0.39, 0.29) is 0 Å². The predicted molar refractivity (Wildman–Crippen MR) is 63.1 cm³/mol. The average molecular weight is 228 g/mol. The SMILES string of the molecule is CNC(C1=CCCC1)c1csc(Cl)c1. The van der Waals surface area contributed by atoms with Crippen molar-refractivity contribution in [2.45, 2.75) is 25.3 Å². The summed E-state index contributed by atoms with van der Waals surface area (Å²) in [6.07, 6.45) is 6.10. The molecule has 1 N–H and O–H groups in total. The van der Waals surface area contributed by atoms with Crippen LogP contribution in [-0.4, -0.2) is 7.05 Å². The molecule has 3 heteroatoms. The minimum atomic E-state index is 0.376. The van der Waals surface area contributed by atoms with Crippen molar-refractivity contribution in [2.24, 2.45) is 0 Å². The zero-order valence-electron chi connectivity index (χ0n) is 8.22. The Morgan fingerprint density at radius 1 is 1.57 bits per heavy atom. The summed E-state index contributed by atoms with van der Waals surface area (Å²) < 4.78 is 0.874. The number of likely N-dealkylation sites (N-methyl/N-ethyl adjacent to an activating group) is 1. The molecule has 0 radical (unpaired) electrons. The Balaban J connectivity index is 2.20. The van der Waals surface area contributed by atoms with E-state index in [1.165, 1.54) is 30.4 Å². The molecule has 0 saturated carbocycles. The smallest absolute Gasteiger partial charge is 0.0931 e. The molecule has 0 aromatic carbocycles. The van der Waals surface area contributed by atoms with Crippen LogP contribution in [0, 0.1) is 0 Å². The number of halogens is 1. The van der Waals surface area contributed by atoms with Gasteiger partial charge in [-0.1, -0.05) is 23.3 Å². The van der Waals surface area contributed by atoms with E-state index in [0.717, 1.165) is 4.34 Å². The Morgan fingerprint density at radius 2 is 2.43 bits per heavy atom. The van der Waals surface area contributed by atoms with Crippen LogP contribution < -0.4 is 5.32 Å². The van der Waals surface area contributed by atoms with E-state index in [4.69, 9.17) is 11.6 Å². The van der Waals surface area contributed by atoms with Gasteiger partial charge in [-0.2, -0.15) is 0 Å². The third kappa shape index (κ3) is 2.02. The van der Waals surface area contributed by atoms with Crippen molar-refractivity contribution in [1.82, 2.24) is 5.32 Å². The number of nitrogens with one attached hydrogen (secondary N) is 1. The zero-order valence-corrected chi connectivity index (χ0v) is 9.79. The van der Waals surface area contributed by atoms with E-state index in [1.54, 1.807) is 11.3 Å². The Bertz CT molecular complexity index is 343. The molecular formula is C11H14ClNS.